The number of hydrogen-bond donors (Lipinski definition) is 2. The SMILES string of the molecule is CC(C)(C)OC(=O)NC1OB(O)c2ccccc21. The molecule has 0 bridgehead atoms. The quantitative estimate of drug-likeness (QED) is 0.726. The Bertz CT molecular complexity index is 458. The highest BCUT2D eigenvalue weighted by Gasteiger charge is 2.36. The molecule has 2 N–H and O–H groups in total. The molecule has 1 aromatic carbocycles. The minimum atomic E-state index is -1.01. The van der Waals surface area contributed by atoms with Gasteiger partial charge in [-0.05, 0) is 31.8 Å². The third kappa shape index (κ3) is 2.83. The Balaban J connectivity index is 2.07. The summed E-state index contributed by atoms with van der Waals surface area (Å²) in [5, 5.41) is 12.3. The van der Waals surface area contributed by atoms with Crippen molar-refractivity contribution in [3.8, 4) is 0 Å². The van der Waals surface area contributed by atoms with Crippen molar-refractivity contribution < 1.29 is 19.2 Å². The van der Waals surface area contributed by atoms with E-state index in [4.69, 9.17) is 9.39 Å². The van der Waals surface area contributed by atoms with Gasteiger partial charge in [-0.15, -0.1) is 0 Å². The van der Waals surface area contributed by atoms with Crippen LogP contribution in [0.15, 0.2) is 24.3 Å². The average molecular weight is 249 g/mol. The molecule has 0 aromatic heterocycles. The first kappa shape index (κ1) is 12.9. The standard InChI is InChI=1S/C12H16BNO4/c1-12(2,3)17-11(15)14-10-8-6-4-5-7-9(8)13(16)18-10/h4-7,10,16H,1-3H3,(H,14,15). The zero-order chi connectivity index (χ0) is 13.3. The second kappa shape index (κ2) is 4.63. The van der Waals surface area contributed by atoms with E-state index in [1.54, 1.807) is 39.0 Å². The molecule has 5 nitrogen and oxygen atoms in total. The van der Waals surface area contributed by atoms with E-state index in [1.807, 2.05) is 6.07 Å². The van der Waals surface area contributed by atoms with E-state index in [1.165, 1.54) is 0 Å². The van der Waals surface area contributed by atoms with Crippen molar-refractivity contribution in [3.63, 3.8) is 0 Å². The Kier molecular flexibility index (Phi) is 3.32. The van der Waals surface area contributed by atoms with Crippen LogP contribution in [0.2, 0.25) is 0 Å². The van der Waals surface area contributed by atoms with Crippen LogP contribution in [0.3, 0.4) is 0 Å². The molecule has 1 aliphatic heterocycles. The topological polar surface area (TPSA) is 67.8 Å². The Morgan fingerprint density at radius 1 is 1.44 bits per heavy atom. The van der Waals surface area contributed by atoms with Gasteiger partial charge in [-0.3, -0.25) is 5.32 Å². The zero-order valence-corrected chi connectivity index (χ0v) is 10.6. The number of ether oxygens (including phenoxy) is 1. The van der Waals surface area contributed by atoms with Crippen LogP contribution in [0.25, 0.3) is 0 Å². The summed E-state index contributed by atoms with van der Waals surface area (Å²) in [7, 11) is -1.01. The molecule has 1 unspecified atom stereocenters. The number of amides is 1. The molecule has 1 amide bonds. The lowest BCUT2D eigenvalue weighted by atomic mass is 9.79. The van der Waals surface area contributed by atoms with E-state index >= 15 is 0 Å². The molecule has 1 heterocycles. The van der Waals surface area contributed by atoms with Crippen LogP contribution in [-0.4, -0.2) is 23.8 Å². The number of hydrogen-bond acceptors (Lipinski definition) is 4. The molecule has 0 saturated heterocycles. The molecule has 0 radical (unpaired) electrons. The molecule has 96 valence electrons. The van der Waals surface area contributed by atoms with Gasteiger partial charge in [0, 0.05) is 0 Å². The van der Waals surface area contributed by atoms with Gasteiger partial charge in [0.15, 0.2) is 0 Å². The van der Waals surface area contributed by atoms with Gasteiger partial charge in [-0.2, -0.15) is 0 Å². The molecule has 0 fully saturated rings. The third-order valence-electron chi connectivity index (χ3n) is 2.46. The normalized spacial score (nSPS) is 18.4. The van der Waals surface area contributed by atoms with Crippen LogP contribution in [0.4, 0.5) is 4.79 Å². The van der Waals surface area contributed by atoms with E-state index in [0.717, 1.165) is 5.56 Å². The number of rotatable bonds is 1. The van der Waals surface area contributed by atoms with Gasteiger partial charge in [-0.1, -0.05) is 24.3 Å². The van der Waals surface area contributed by atoms with Crippen LogP contribution in [0.5, 0.6) is 0 Å². The van der Waals surface area contributed by atoms with Crippen molar-refractivity contribution in [1.29, 1.82) is 0 Å². The summed E-state index contributed by atoms with van der Waals surface area (Å²) in [6.45, 7) is 5.35. The van der Waals surface area contributed by atoms with Gasteiger partial charge >= 0.3 is 13.2 Å². The molecule has 1 aromatic rings. The molecule has 0 saturated carbocycles. The number of alkyl carbamates (subject to hydrolysis) is 1. The zero-order valence-electron chi connectivity index (χ0n) is 10.6. The number of carbonyl (C=O) groups excluding carboxylic acids is 1. The number of nitrogens with one attached hydrogen (secondary N) is 1. The average Bonchev–Trinajstić information content (AvgIpc) is 2.54. The van der Waals surface area contributed by atoms with E-state index in [0.29, 0.717) is 5.46 Å². The Labute approximate surface area is 106 Å². The summed E-state index contributed by atoms with van der Waals surface area (Å²) in [5.74, 6) is 0. The first-order valence-corrected chi connectivity index (χ1v) is 5.79. The van der Waals surface area contributed by atoms with Crippen molar-refractivity contribution in [2.24, 2.45) is 0 Å². The molecule has 0 spiro atoms. The van der Waals surface area contributed by atoms with Crippen LogP contribution >= 0.6 is 0 Å². The van der Waals surface area contributed by atoms with E-state index in [-0.39, 0.29) is 0 Å². The molecular formula is C12H16BNO4. The number of fused-ring (bicyclic) bond motifs is 1. The minimum Gasteiger partial charge on any atom is -0.444 e. The first-order valence-electron chi connectivity index (χ1n) is 5.79. The van der Waals surface area contributed by atoms with Gasteiger partial charge < -0.3 is 14.4 Å². The maximum atomic E-state index is 11.6. The minimum absolute atomic E-state index is 0.569. The van der Waals surface area contributed by atoms with Gasteiger partial charge in [0.05, 0.1) is 0 Å². The van der Waals surface area contributed by atoms with Crippen LogP contribution < -0.4 is 10.8 Å². The highest BCUT2D eigenvalue weighted by atomic mass is 16.6. The van der Waals surface area contributed by atoms with Crippen molar-refractivity contribution in [2.45, 2.75) is 32.6 Å². The molecule has 1 aliphatic rings. The maximum absolute atomic E-state index is 11.6. The Hall–Kier alpha value is -1.53. The Morgan fingerprint density at radius 2 is 2.11 bits per heavy atom. The largest absolute Gasteiger partial charge is 0.493 e. The smallest absolute Gasteiger partial charge is 0.444 e. The first-order chi connectivity index (χ1) is 8.37. The van der Waals surface area contributed by atoms with Gasteiger partial charge in [0.25, 0.3) is 0 Å². The van der Waals surface area contributed by atoms with E-state index in [9.17, 15) is 9.82 Å². The van der Waals surface area contributed by atoms with Crippen LogP contribution in [0, 0.1) is 0 Å². The molecule has 6 heteroatoms. The van der Waals surface area contributed by atoms with Crippen molar-refractivity contribution in [2.75, 3.05) is 0 Å². The van der Waals surface area contributed by atoms with Gasteiger partial charge in [-0.25, -0.2) is 4.79 Å². The fourth-order valence-electron chi connectivity index (χ4n) is 1.78. The Morgan fingerprint density at radius 3 is 2.78 bits per heavy atom. The summed E-state index contributed by atoms with van der Waals surface area (Å²) < 4.78 is 10.4. The monoisotopic (exact) mass is 249 g/mol. The lowest BCUT2D eigenvalue weighted by Crippen LogP contribution is -2.35. The highest BCUT2D eigenvalue weighted by Crippen LogP contribution is 2.21. The summed E-state index contributed by atoms with van der Waals surface area (Å²) in [6.07, 6.45) is -1.25. The fraction of sp³-hybridized carbons (Fsp3) is 0.417. The summed E-state index contributed by atoms with van der Waals surface area (Å²) in [6, 6.07) is 7.19. The molecule has 0 aliphatic carbocycles. The summed E-state index contributed by atoms with van der Waals surface area (Å²) in [5.41, 5.74) is 0.843. The van der Waals surface area contributed by atoms with Crippen molar-refractivity contribution in [1.82, 2.24) is 5.32 Å². The van der Waals surface area contributed by atoms with Gasteiger partial charge in [0.1, 0.15) is 11.8 Å². The second-order valence-electron chi connectivity index (χ2n) is 5.14. The van der Waals surface area contributed by atoms with Crippen LogP contribution in [-0.2, 0) is 9.39 Å². The summed E-state index contributed by atoms with van der Waals surface area (Å²) in [4.78, 5) is 11.6. The lowest BCUT2D eigenvalue weighted by Gasteiger charge is -2.22. The predicted octanol–water partition coefficient (Wildman–Crippen LogP) is 0.928. The highest BCUT2D eigenvalue weighted by molar-refractivity contribution is 6.61. The summed E-state index contributed by atoms with van der Waals surface area (Å²) >= 11 is 0. The van der Waals surface area contributed by atoms with Crippen molar-refractivity contribution in [3.05, 3.63) is 29.8 Å². The molecule has 1 atom stereocenters. The third-order valence-corrected chi connectivity index (χ3v) is 2.46. The van der Waals surface area contributed by atoms with Gasteiger partial charge in [0.2, 0.25) is 0 Å². The lowest BCUT2D eigenvalue weighted by molar-refractivity contribution is 0.0387. The second-order valence-corrected chi connectivity index (χ2v) is 5.14. The molecule has 18 heavy (non-hydrogen) atoms. The predicted molar refractivity (Wildman–Crippen MR) is 67.2 cm³/mol. The van der Waals surface area contributed by atoms with E-state index < -0.39 is 25.0 Å². The van der Waals surface area contributed by atoms with Crippen LogP contribution in [0.1, 0.15) is 32.6 Å². The number of carbonyl (C=O) groups is 1. The fourth-order valence-corrected chi connectivity index (χ4v) is 1.78. The van der Waals surface area contributed by atoms with E-state index in [2.05, 4.69) is 5.32 Å². The molecular weight excluding hydrogens is 233 g/mol. The molecule has 2 rings (SSSR count). The number of benzene rings is 1. The van der Waals surface area contributed by atoms with Crippen molar-refractivity contribution >= 4 is 18.7 Å². The maximum Gasteiger partial charge on any atom is 0.493 e.